The predicted octanol–water partition coefficient (Wildman–Crippen LogP) is 2.28. The number of hydrogen-bond acceptors (Lipinski definition) is 5. The van der Waals surface area contributed by atoms with Gasteiger partial charge in [0.2, 0.25) is 11.8 Å². The fourth-order valence-corrected chi connectivity index (χ4v) is 3.55. The number of urea groups is 1. The number of benzene rings is 2. The van der Waals surface area contributed by atoms with Crippen LogP contribution in [0, 0.1) is 0 Å². The van der Waals surface area contributed by atoms with Gasteiger partial charge >= 0.3 is 6.03 Å². The van der Waals surface area contributed by atoms with E-state index in [0.29, 0.717) is 22.3 Å². The van der Waals surface area contributed by atoms with Gasteiger partial charge in [0.25, 0.3) is 0 Å². The van der Waals surface area contributed by atoms with Gasteiger partial charge in [-0.1, -0.05) is 48.5 Å². The van der Waals surface area contributed by atoms with Crippen LogP contribution in [-0.4, -0.2) is 53.3 Å². The first-order valence-corrected chi connectivity index (χ1v) is 8.90. The number of carbonyl (C=O) groups excluding carboxylic acids is 5. The number of ketones is 2. The Labute approximate surface area is 166 Å². The van der Waals surface area contributed by atoms with Crippen molar-refractivity contribution in [3.8, 4) is 0 Å². The summed E-state index contributed by atoms with van der Waals surface area (Å²) in [5.74, 6) is -2.95. The molecule has 0 unspecified atom stereocenters. The van der Waals surface area contributed by atoms with Gasteiger partial charge in [-0.2, -0.15) is 0 Å². The summed E-state index contributed by atoms with van der Waals surface area (Å²) in [6.45, 7) is 0. The summed E-state index contributed by atoms with van der Waals surface area (Å²) in [6.07, 6.45) is 1.50. The molecule has 1 saturated heterocycles. The summed E-state index contributed by atoms with van der Waals surface area (Å²) >= 11 is 0. The van der Waals surface area contributed by atoms with Crippen LogP contribution in [0.1, 0.15) is 37.8 Å². The molecular formula is C22H16N2O5. The van der Waals surface area contributed by atoms with Crippen LogP contribution in [0.4, 0.5) is 4.79 Å². The molecule has 1 aliphatic carbocycles. The molecule has 0 atom stereocenters. The first-order valence-electron chi connectivity index (χ1n) is 8.90. The van der Waals surface area contributed by atoms with E-state index < -0.39 is 23.8 Å². The molecule has 7 nitrogen and oxygen atoms in total. The van der Waals surface area contributed by atoms with Gasteiger partial charge in [0, 0.05) is 25.2 Å². The maximum Gasteiger partial charge on any atom is 0.332 e. The summed E-state index contributed by atoms with van der Waals surface area (Å²) < 4.78 is 0. The third kappa shape index (κ3) is 2.79. The largest absolute Gasteiger partial charge is 0.332 e. The molecule has 0 bridgehead atoms. The average molecular weight is 388 g/mol. The molecule has 4 rings (SSSR count). The van der Waals surface area contributed by atoms with E-state index in [9.17, 15) is 24.0 Å². The lowest BCUT2D eigenvalue weighted by atomic mass is 9.93. The van der Waals surface area contributed by atoms with Crippen molar-refractivity contribution < 1.29 is 24.0 Å². The number of allylic oxidation sites excluding steroid dienone is 1. The Kier molecular flexibility index (Phi) is 4.23. The minimum Gasteiger partial charge on any atom is -0.288 e. The normalized spacial score (nSPS) is 17.3. The van der Waals surface area contributed by atoms with E-state index in [2.05, 4.69) is 0 Å². The molecule has 144 valence electrons. The zero-order valence-electron chi connectivity index (χ0n) is 15.7. The number of carbonyl (C=O) groups is 5. The molecule has 2 aliphatic rings. The van der Waals surface area contributed by atoms with E-state index in [0.717, 1.165) is 9.80 Å². The van der Waals surface area contributed by atoms with Crippen molar-refractivity contribution in [2.45, 2.75) is 5.92 Å². The number of barbiturate groups is 1. The highest BCUT2D eigenvalue weighted by molar-refractivity contribution is 6.41. The van der Waals surface area contributed by atoms with Crippen LogP contribution in [0.3, 0.4) is 0 Å². The smallest absolute Gasteiger partial charge is 0.288 e. The average Bonchev–Trinajstić information content (AvgIpc) is 2.97. The SMILES string of the molecule is CN1C(=O)C(c2ccc(C=C3C(=O)c4ccccc4C3=O)cc2)C(=O)N(C)C1=O. The fraction of sp³-hybridized carbons (Fsp3) is 0.136. The minimum absolute atomic E-state index is 0.0776. The van der Waals surface area contributed by atoms with Gasteiger partial charge in [0.1, 0.15) is 5.92 Å². The Morgan fingerprint density at radius 3 is 1.69 bits per heavy atom. The molecule has 0 radical (unpaired) electrons. The van der Waals surface area contributed by atoms with Gasteiger partial charge in [-0.15, -0.1) is 0 Å². The number of Topliss-reactive ketones (excluding diaryl/α,β-unsaturated/α-hetero) is 2. The Hall–Kier alpha value is -3.87. The van der Waals surface area contributed by atoms with Crippen LogP contribution in [0.5, 0.6) is 0 Å². The van der Waals surface area contributed by atoms with E-state index in [4.69, 9.17) is 0 Å². The second-order valence-corrected chi connectivity index (χ2v) is 6.94. The quantitative estimate of drug-likeness (QED) is 0.447. The van der Waals surface area contributed by atoms with Gasteiger partial charge in [-0.3, -0.25) is 29.0 Å². The molecule has 1 aliphatic heterocycles. The number of rotatable bonds is 2. The highest BCUT2D eigenvalue weighted by Crippen LogP contribution is 2.29. The van der Waals surface area contributed by atoms with Crippen molar-refractivity contribution in [3.63, 3.8) is 0 Å². The molecule has 7 heteroatoms. The van der Waals surface area contributed by atoms with Crippen molar-refractivity contribution in [3.05, 3.63) is 76.4 Å². The first kappa shape index (κ1) is 18.5. The number of nitrogens with zero attached hydrogens (tertiary/aromatic N) is 2. The molecular weight excluding hydrogens is 372 g/mol. The standard InChI is InChI=1S/C22H16N2O5/c1-23-20(27)17(21(28)24(2)22(23)29)13-9-7-12(8-10-13)11-16-18(25)14-5-3-4-6-15(14)19(16)26/h3-11,17H,1-2H3. The molecule has 0 aromatic heterocycles. The number of likely N-dealkylation sites (N-methyl/N-ethyl adjacent to an activating group) is 2. The molecule has 2 aromatic carbocycles. The topological polar surface area (TPSA) is 91.8 Å². The molecule has 0 saturated carbocycles. The van der Waals surface area contributed by atoms with Crippen LogP contribution in [-0.2, 0) is 9.59 Å². The zero-order chi connectivity index (χ0) is 20.9. The summed E-state index contributed by atoms with van der Waals surface area (Å²) in [5, 5.41) is 0. The Morgan fingerprint density at radius 2 is 1.21 bits per heavy atom. The monoisotopic (exact) mass is 388 g/mol. The van der Waals surface area contributed by atoms with Gasteiger partial charge in [0.15, 0.2) is 11.6 Å². The van der Waals surface area contributed by atoms with E-state index in [1.165, 1.54) is 20.2 Å². The Balaban J connectivity index is 1.64. The third-order valence-electron chi connectivity index (χ3n) is 5.22. The van der Waals surface area contributed by atoms with Crippen LogP contribution in [0.15, 0.2) is 54.1 Å². The Morgan fingerprint density at radius 1 is 0.724 bits per heavy atom. The second-order valence-electron chi connectivity index (χ2n) is 6.94. The number of amides is 4. The van der Waals surface area contributed by atoms with Gasteiger partial charge < -0.3 is 0 Å². The van der Waals surface area contributed by atoms with E-state index >= 15 is 0 Å². The lowest BCUT2D eigenvalue weighted by molar-refractivity contribution is -0.143. The van der Waals surface area contributed by atoms with Crippen molar-refractivity contribution in [1.82, 2.24) is 9.80 Å². The van der Waals surface area contributed by atoms with Gasteiger partial charge in [0.05, 0.1) is 5.57 Å². The van der Waals surface area contributed by atoms with Crippen molar-refractivity contribution in [2.75, 3.05) is 14.1 Å². The molecule has 2 aromatic rings. The predicted molar refractivity (Wildman–Crippen MR) is 103 cm³/mol. The third-order valence-corrected chi connectivity index (χ3v) is 5.22. The number of hydrogen-bond donors (Lipinski definition) is 0. The molecule has 0 N–H and O–H groups in total. The summed E-state index contributed by atoms with van der Waals surface area (Å²) in [6, 6.07) is 12.4. The summed E-state index contributed by atoms with van der Waals surface area (Å²) in [5.41, 5.74) is 1.87. The first-order chi connectivity index (χ1) is 13.8. The molecule has 4 amide bonds. The highest BCUT2D eigenvalue weighted by Gasteiger charge is 2.43. The second kappa shape index (κ2) is 6.63. The maximum absolute atomic E-state index is 12.5. The Bertz CT molecular complexity index is 1070. The zero-order valence-corrected chi connectivity index (χ0v) is 15.7. The molecule has 1 fully saturated rings. The van der Waals surface area contributed by atoms with Crippen LogP contribution in [0.25, 0.3) is 6.08 Å². The lowest BCUT2D eigenvalue weighted by Crippen LogP contribution is -2.55. The van der Waals surface area contributed by atoms with Crippen molar-refractivity contribution >= 4 is 35.5 Å². The van der Waals surface area contributed by atoms with Gasteiger partial charge in [-0.05, 0) is 17.2 Å². The molecule has 29 heavy (non-hydrogen) atoms. The van der Waals surface area contributed by atoms with Crippen molar-refractivity contribution in [2.24, 2.45) is 0 Å². The van der Waals surface area contributed by atoms with E-state index in [1.54, 1.807) is 48.5 Å². The highest BCUT2D eigenvalue weighted by atomic mass is 16.2. The fourth-order valence-electron chi connectivity index (χ4n) is 3.55. The lowest BCUT2D eigenvalue weighted by Gasteiger charge is -2.33. The van der Waals surface area contributed by atoms with Crippen molar-refractivity contribution in [1.29, 1.82) is 0 Å². The summed E-state index contributed by atoms with van der Waals surface area (Å²) in [4.78, 5) is 63.5. The number of imide groups is 2. The van der Waals surface area contributed by atoms with Crippen LogP contribution in [0.2, 0.25) is 0 Å². The van der Waals surface area contributed by atoms with Crippen LogP contribution >= 0.6 is 0 Å². The molecule has 0 spiro atoms. The van der Waals surface area contributed by atoms with Gasteiger partial charge in [-0.25, -0.2) is 4.79 Å². The summed E-state index contributed by atoms with van der Waals surface area (Å²) in [7, 11) is 2.66. The van der Waals surface area contributed by atoms with Crippen LogP contribution < -0.4 is 0 Å². The molecule has 1 heterocycles. The number of fused-ring (bicyclic) bond motifs is 1. The van der Waals surface area contributed by atoms with E-state index in [1.807, 2.05) is 0 Å². The van der Waals surface area contributed by atoms with E-state index in [-0.39, 0.29) is 17.1 Å². The maximum atomic E-state index is 12.5. The minimum atomic E-state index is -1.11.